The zero-order valence-electron chi connectivity index (χ0n) is 12.4. The maximum Gasteiger partial charge on any atom is 0.252 e. The summed E-state index contributed by atoms with van der Waals surface area (Å²) in [5, 5.41) is 4.00. The van der Waals surface area contributed by atoms with Crippen LogP contribution in [0, 0.1) is 0 Å². The average Bonchev–Trinajstić information content (AvgIpc) is 3.19. The first kappa shape index (κ1) is 13.6. The largest absolute Gasteiger partial charge is 0.461 e. The van der Waals surface area contributed by atoms with E-state index in [4.69, 9.17) is 4.42 Å². The number of pyridine rings is 1. The molecule has 4 rings (SSSR count). The number of furan rings is 1. The molecule has 3 aromatic heterocycles. The lowest BCUT2D eigenvalue weighted by molar-refractivity contribution is 0.0953. The van der Waals surface area contributed by atoms with Crippen molar-refractivity contribution in [3.63, 3.8) is 0 Å². The molecular formula is C18H15N3O2. The summed E-state index contributed by atoms with van der Waals surface area (Å²) in [6, 6.07) is 13.5. The molecule has 1 amide bonds. The van der Waals surface area contributed by atoms with Gasteiger partial charge in [-0.25, -0.2) is 4.98 Å². The summed E-state index contributed by atoms with van der Waals surface area (Å²) in [4.78, 5) is 16.4. The van der Waals surface area contributed by atoms with Crippen molar-refractivity contribution >= 4 is 22.5 Å². The van der Waals surface area contributed by atoms with Crippen LogP contribution in [-0.2, 0) is 6.42 Å². The fourth-order valence-electron chi connectivity index (χ4n) is 2.62. The van der Waals surface area contributed by atoms with E-state index in [0.717, 1.165) is 22.4 Å². The van der Waals surface area contributed by atoms with Gasteiger partial charge in [0.05, 0.1) is 5.56 Å². The number of para-hydroxylation sites is 1. The molecule has 0 aliphatic rings. The van der Waals surface area contributed by atoms with E-state index in [0.29, 0.717) is 18.5 Å². The van der Waals surface area contributed by atoms with Crippen LogP contribution in [0.3, 0.4) is 0 Å². The molecular weight excluding hydrogens is 290 g/mol. The molecule has 114 valence electrons. The number of benzene rings is 1. The Kier molecular flexibility index (Phi) is 3.31. The van der Waals surface area contributed by atoms with Gasteiger partial charge in [-0.3, -0.25) is 4.79 Å². The van der Waals surface area contributed by atoms with E-state index in [1.807, 2.05) is 47.0 Å². The van der Waals surface area contributed by atoms with E-state index in [9.17, 15) is 4.79 Å². The number of carbonyl (C=O) groups excluding carboxylic acids is 1. The normalized spacial score (nSPS) is 11.1. The number of carbonyl (C=O) groups is 1. The summed E-state index contributed by atoms with van der Waals surface area (Å²) in [6.45, 7) is 0.528. The van der Waals surface area contributed by atoms with E-state index in [2.05, 4.69) is 10.3 Å². The summed E-state index contributed by atoms with van der Waals surface area (Å²) in [5.74, 6) is 0.772. The number of hydrogen-bond acceptors (Lipinski definition) is 3. The lowest BCUT2D eigenvalue weighted by atomic mass is 10.2. The lowest BCUT2D eigenvalue weighted by Crippen LogP contribution is -2.25. The lowest BCUT2D eigenvalue weighted by Gasteiger charge is -2.04. The Bertz CT molecular complexity index is 951. The van der Waals surface area contributed by atoms with E-state index in [1.54, 1.807) is 18.5 Å². The number of rotatable bonds is 4. The van der Waals surface area contributed by atoms with Crippen LogP contribution in [0.25, 0.3) is 16.6 Å². The Labute approximate surface area is 132 Å². The monoisotopic (exact) mass is 305 g/mol. The predicted molar refractivity (Wildman–Crippen MR) is 87.4 cm³/mol. The minimum absolute atomic E-state index is 0.100. The van der Waals surface area contributed by atoms with Crippen LogP contribution < -0.4 is 5.32 Å². The molecule has 0 aliphatic carbocycles. The highest BCUT2D eigenvalue weighted by molar-refractivity contribution is 5.94. The number of nitrogens with zero attached hydrogens (tertiary/aromatic N) is 2. The van der Waals surface area contributed by atoms with Crippen molar-refractivity contribution in [2.75, 3.05) is 6.54 Å². The van der Waals surface area contributed by atoms with E-state index < -0.39 is 0 Å². The van der Waals surface area contributed by atoms with Crippen molar-refractivity contribution in [2.45, 2.75) is 6.42 Å². The number of fused-ring (bicyclic) bond motifs is 2. The van der Waals surface area contributed by atoms with Crippen LogP contribution in [0.15, 0.2) is 65.5 Å². The Morgan fingerprint density at radius 1 is 1.22 bits per heavy atom. The zero-order chi connectivity index (χ0) is 15.6. The van der Waals surface area contributed by atoms with E-state index in [1.165, 1.54) is 0 Å². The third-order valence-electron chi connectivity index (χ3n) is 3.78. The molecule has 0 saturated carbocycles. The van der Waals surface area contributed by atoms with Crippen molar-refractivity contribution < 1.29 is 9.21 Å². The van der Waals surface area contributed by atoms with E-state index >= 15 is 0 Å². The Balaban J connectivity index is 1.40. The molecule has 1 N–H and O–H groups in total. The summed E-state index contributed by atoms with van der Waals surface area (Å²) < 4.78 is 7.57. The second-order valence-electron chi connectivity index (χ2n) is 5.37. The maximum absolute atomic E-state index is 12.2. The third-order valence-corrected chi connectivity index (χ3v) is 3.78. The smallest absolute Gasteiger partial charge is 0.252 e. The van der Waals surface area contributed by atoms with Crippen LogP contribution in [0.5, 0.6) is 0 Å². The number of nitrogens with one attached hydrogen (secondary N) is 1. The van der Waals surface area contributed by atoms with Gasteiger partial charge in [0.2, 0.25) is 0 Å². The van der Waals surface area contributed by atoms with Crippen LogP contribution in [0.1, 0.15) is 16.1 Å². The van der Waals surface area contributed by atoms with Gasteiger partial charge in [-0.2, -0.15) is 0 Å². The molecule has 5 heteroatoms. The highest BCUT2D eigenvalue weighted by atomic mass is 16.3. The van der Waals surface area contributed by atoms with Crippen molar-refractivity contribution in [2.24, 2.45) is 0 Å². The number of imidazole rings is 1. The molecule has 0 saturated heterocycles. The van der Waals surface area contributed by atoms with Crippen LogP contribution >= 0.6 is 0 Å². The quantitative estimate of drug-likeness (QED) is 0.630. The van der Waals surface area contributed by atoms with Gasteiger partial charge in [0.1, 0.15) is 17.0 Å². The number of amides is 1. The first-order valence-electron chi connectivity index (χ1n) is 7.48. The Morgan fingerprint density at radius 3 is 3.04 bits per heavy atom. The average molecular weight is 305 g/mol. The molecule has 1 aromatic carbocycles. The van der Waals surface area contributed by atoms with Gasteiger partial charge in [0, 0.05) is 36.9 Å². The van der Waals surface area contributed by atoms with Gasteiger partial charge in [0.25, 0.3) is 5.91 Å². The second-order valence-corrected chi connectivity index (χ2v) is 5.37. The highest BCUT2D eigenvalue weighted by Gasteiger charge is 2.08. The number of hydrogen-bond donors (Lipinski definition) is 1. The fourth-order valence-corrected chi connectivity index (χ4v) is 2.62. The van der Waals surface area contributed by atoms with Crippen LogP contribution in [0.4, 0.5) is 0 Å². The standard InChI is InChI=1S/C18H15N3O2/c22-18(14-5-6-17-19-9-10-21(17)12-14)20-8-7-15-11-13-3-1-2-4-16(13)23-15/h1-6,9-12H,7-8H2,(H,20,22). The van der Waals surface area contributed by atoms with Gasteiger partial charge >= 0.3 is 0 Å². The fraction of sp³-hybridized carbons (Fsp3) is 0.111. The molecule has 5 nitrogen and oxygen atoms in total. The highest BCUT2D eigenvalue weighted by Crippen LogP contribution is 2.18. The second kappa shape index (κ2) is 5.61. The van der Waals surface area contributed by atoms with Crippen molar-refractivity contribution in [3.05, 3.63) is 72.4 Å². The summed E-state index contributed by atoms with van der Waals surface area (Å²) in [6.07, 6.45) is 5.96. The predicted octanol–water partition coefficient (Wildman–Crippen LogP) is 3.05. The molecule has 0 aliphatic heterocycles. The zero-order valence-corrected chi connectivity index (χ0v) is 12.4. The Hall–Kier alpha value is -3.08. The minimum Gasteiger partial charge on any atom is -0.461 e. The molecule has 0 fully saturated rings. The number of aromatic nitrogens is 2. The van der Waals surface area contributed by atoms with Crippen LogP contribution in [0.2, 0.25) is 0 Å². The first-order valence-corrected chi connectivity index (χ1v) is 7.48. The molecule has 0 unspecified atom stereocenters. The first-order chi connectivity index (χ1) is 11.3. The van der Waals surface area contributed by atoms with Crippen molar-refractivity contribution in [1.29, 1.82) is 0 Å². The van der Waals surface area contributed by atoms with Gasteiger partial charge in [-0.05, 0) is 24.3 Å². The third kappa shape index (κ3) is 2.68. The minimum atomic E-state index is -0.100. The molecule has 0 spiro atoms. The summed E-state index contributed by atoms with van der Waals surface area (Å²) in [5.41, 5.74) is 2.31. The van der Waals surface area contributed by atoms with Gasteiger partial charge < -0.3 is 14.1 Å². The summed E-state index contributed by atoms with van der Waals surface area (Å²) in [7, 11) is 0. The molecule has 23 heavy (non-hydrogen) atoms. The van der Waals surface area contributed by atoms with Crippen molar-refractivity contribution in [3.8, 4) is 0 Å². The van der Waals surface area contributed by atoms with Crippen LogP contribution in [-0.4, -0.2) is 21.8 Å². The van der Waals surface area contributed by atoms with Gasteiger partial charge in [-0.15, -0.1) is 0 Å². The molecule has 0 radical (unpaired) electrons. The molecule has 4 aromatic rings. The molecule has 3 heterocycles. The molecule has 0 atom stereocenters. The maximum atomic E-state index is 12.2. The molecule has 0 bridgehead atoms. The topological polar surface area (TPSA) is 59.5 Å². The van der Waals surface area contributed by atoms with Gasteiger partial charge in [-0.1, -0.05) is 18.2 Å². The van der Waals surface area contributed by atoms with Crippen molar-refractivity contribution in [1.82, 2.24) is 14.7 Å². The summed E-state index contributed by atoms with van der Waals surface area (Å²) >= 11 is 0. The van der Waals surface area contributed by atoms with Gasteiger partial charge in [0.15, 0.2) is 0 Å². The van der Waals surface area contributed by atoms with E-state index in [-0.39, 0.29) is 5.91 Å². The Morgan fingerprint density at radius 2 is 2.13 bits per heavy atom. The SMILES string of the molecule is O=C(NCCc1cc2ccccc2o1)c1ccc2nccn2c1.